The second-order valence-electron chi connectivity index (χ2n) is 5.38. The molecular formula is C16H18BrN3OS. The number of anilines is 1. The summed E-state index contributed by atoms with van der Waals surface area (Å²) < 4.78 is 0.891. The molecule has 1 aromatic heterocycles. The largest absolute Gasteiger partial charge is 0.398 e. The number of hydrogen-bond acceptors (Lipinski definition) is 4. The van der Waals surface area contributed by atoms with Gasteiger partial charge in [0.05, 0.1) is 5.56 Å². The van der Waals surface area contributed by atoms with Crippen LogP contribution in [0.3, 0.4) is 0 Å². The summed E-state index contributed by atoms with van der Waals surface area (Å²) in [6, 6.07) is 9.66. The minimum Gasteiger partial charge on any atom is -0.398 e. The van der Waals surface area contributed by atoms with Crippen LogP contribution in [-0.2, 0) is 6.54 Å². The van der Waals surface area contributed by atoms with Gasteiger partial charge in [0.2, 0.25) is 0 Å². The number of hydrogen-bond donors (Lipinski definition) is 1. The van der Waals surface area contributed by atoms with E-state index in [1.165, 1.54) is 4.88 Å². The SMILES string of the molecule is Nc1cc(Br)ccc1C(=O)N1CCN(Cc2cccs2)CC1. The van der Waals surface area contributed by atoms with E-state index in [9.17, 15) is 4.79 Å². The zero-order valence-electron chi connectivity index (χ0n) is 12.2. The van der Waals surface area contributed by atoms with Gasteiger partial charge in [0.15, 0.2) is 0 Å². The van der Waals surface area contributed by atoms with E-state index in [0.29, 0.717) is 11.3 Å². The van der Waals surface area contributed by atoms with Crippen LogP contribution >= 0.6 is 27.3 Å². The third kappa shape index (κ3) is 3.51. The molecule has 2 N–H and O–H groups in total. The summed E-state index contributed by atoms with van der Waals surface area (Å²) in [6.07, 6.45) is 0. The van der Waals surface area contributed by atoms with Gasteiger partial charge < -0.3 is 10.6 Å². The Morgan fingerprint density at radius 2 is 2.00 bits per heavy atom. The maximum Gasteiger partial charge on any atom is 0.256 e. The van der Waals surface area contributed by atoms with Crippen LogP contribution in [0.1, 0.15) is 15.2 Å². The Morgan fingerprint density at radius 1 is 1.23 bits per heavy atom. The summed E-state index contributed by atoms with van der Waals surface area (Å²) in [5.74, 6) is 0.0285. The summed E-state index contributed by atoms with van der Waals surface area (Å²) in [4.78, 5) is 18.2. The monoisotopic (exact) mass is 379 g/mol. The highest BCUT2D eigenvalue weighted by Gasteiger charge is 2.23. The summed E-state index contributed by atoms with van der Waals surface area (Å²) in [5, 5.41) is 2.10. The molecule has 0 atom stereocenters. The summed E-state index contributed by atoms with van der Waals surface area (Å²) in [7, 11) is 0. The Balaban J connectivity index is 1.60. The van der Waals surface area contributed by atoms with E-state index in [2.05, 4.69) is 38.3 Å². The molecule has 1 saturated heterocycles. The number of benzene rings is 1. The van der Waals surface area contributed by atoms with Crippen molar-refractivity contribution in [2.45, 2.75) is 6.54 Å². The molecule has 1 fully saturated rings. The lowest BCUT2D eigenvalue weighted by molar-refractivity contribution is 0.0630. The molecule has 0 aliphatic carbocycles. The molecule has 6 heteroatoms. The standard InChI is InChI=1S/C16H18BrN3OS/c17-12-3-4-14(15(18)10-12)16(21)20-7-5-19(6-8-20)11-13-2-1-9-22-13/h1-4,9-10H,5-8,11,18H2. The third-order valence-corrected chi connectivity index (χ3v) is 5.22. The van der Waals surface area contributed by atoms with Gasteiger partial charge >= 0.3 is 0 Å². The first-order chi connectivity index (χ1) is 10.6. The summed E-state index contributed by atoms with van der Waals surface area (Å²) in [6.45, 7) is 4.28. The summed E-state index contributed by atoms with van der Waals surface area (Å²) >= 11 is 5.15. The second kappa shape index (κ2) is 6.81. The fraction of sp³-hybridized carbons (Fsp3) is 0.312. The lowest BCUT2D eigenvalue weighted by Crippen LogP contribution is -2.48. The van der Waals surface area contributed by atoms with Crippen molar-refractivity contribution in [1.82, 2.24) is 9.80 Å². The Labute approximate surface area is 142 Å². The molecule has 2 heterocycles. The second-order valence-corrected chi connectivity index (χ2v) is 7.33. The molecular weight excluding hydrogens is 362 g/mol. The molecule has 1 aliphatic heterocycles. The molecule has 116 valence electrons. The minimum absolute atomic E-state index is 0.0285. The molecule has 22 heavy (non-hydrogen) atoms. The predicted octanol–water partition coefficient (Wildman–Crippen LogP) is 3.05. The zero-order chi connectivity index (χ0) is 15.5. The average Bonchev–Trinajstić information content (AvgIpc) is 3.00. The van der Waals surface area contributed by atoms with Crippen LogP contribution in [0, 0.1) is 0 Å². The van der Waals surface area contributed by atoms with E-state index in [1.54, 1.807) is 23.5 Å². The third-order valence-electron chi connectivity index (χ3n) is 3.86. The van der Waals surface area contributed by atoms with Crippen molar-refractivity contribution in [3.05, 3.63) is 50.6 Å². The molecule has 0 radical (unpaired) electrons. The van der Waals surface area contributed by atoms with Crippen LogP contribution in [0.15, 0.2) is 40.2 Å². The van der Waals surface area contributed by atoms with Crippen LogP contribution in [0.25, 0.3) is 0 Å². The molecule has 3 rings (SSSR count). The number of carbonyl (C=O) groups excluding carboxylic acids is 1. The summed E-state index contributed by atoms with van der Waals surface area (Å²) in [5.41, 5.74) is 7.08. The van der Waals surface area contributed by atoms with E-state index in [-0.39, 0.29) is 5.91 Å². The van der Waals surface area contributed by atoms with E-state index >= 15 is 0 Å². The van der Waals surface area contributed by atoms with E-state index in [4.69, 9.17) is 5.73 Å². The van der Waals surface area contributed by atoms with E-state index in [0.717, 1.165) is 37.2 Å². The maximum atomic E-state index is 12.6. The maximum absolute atomic E-state index is 12.6. The number of halogens is 1. The number of nitrogens with zero attached hydrogens (tertiary/aromatic N) is 2. The number of amides is 1. The highest BCUT2D eigenvalue weighted by atomic mass is 79.9. The van der Waals surface area contributed by atoms with Gasteiger partial charge in [0, 0.05) is 47.8 Å². The number of carbonyl (C=O) groups is 1. The van der Waals surface area contributed by atoms with Crippen molar-refractivity contribution in [1.29, 1.82) is 0 Å². The zero-order valence-corrected chi connectivity index (χ0v) is 14.6. The van der Waals surface area contributed by atoms with Crippen molar-refractivity contribution >= 4 is 38.9 Å². The molecule has 1 aromatic carbocycles. The average molecular weight is 380 g/mol. The first-order valence-electron chi connectivity index (χ1n) is 7.22. The Morgan fingerprint density at radius 3 is 2.64 bits per heavy atom. The molecule has 4 nitrogen and oxygen atoms in total. The predicted molar refractivity (Wildman–Crippen MR) is 94.1 cm³/mol. The smallest absolute Gasteiger partial charge is 0.256 e. The highest BCUT2D eigenvalue weighted by Crippen LogP contribution is 2.21. The molecule has 0 saturated carbocycles. The van der Waals surface area contributed by atoms with Gasteiger partial charge in [-0.2, -0.15) is 0 Å². The highest BCUT2D eigenvalue weighted by molar-refractivity contribution is 9.10. The van der Waals surface area contributed by atoms with Crippen molar-refractivity contribution in [3.63, 3.8) is 0 Å². The first kappa shape index (κ1) is 15.5. The lowest BCUT2D eigenvalue weighted by atomic mass is 10.1. The Hall–Kier alpha value is -1.37. The number of thiophene rings is 1. The number of nitrogen functional groups attached to an aromatic ring is 1. The fourth-order valence-corrected chi connectivity index (χ4v) is 3.76. The van der Waals surface area contributed by atoms with Crippen LogP contribution in [0.2, 0.25) is 0 Å². The number of piperazine rings is 1. The van der Waals surface area contributed by atoms with Crippen molar-refractivity contribution in [2.75, 3.05) is 31.9 Å². The van der Waals surface area contributed by atoms with Gasteiger partial charge in [-0.25, -0.2) is 0 Å². The topological polar surface area (TPSA) is 49.6 Å². The van der Waals surface area contributed by atoms with E-state index < -0.39 is 0 Å². The van der Waals surface area contributed by atoms with Gasteiger partial charge in [-0.05, 0) is 29.6 Å². The Bertz CT molecular complexity index is 651. The normalized spacial score (nSPS) is 16.0. The fourth-order valence-electron chi connectivity index (χ4n) is 2.63. The quantitative estimate of drug-likeness (QED) is 0.833. The van der Waals surface area contributed by atoms with Gasteiger partial charge in [0.1, 0.15) is 0 Å². The van der Waals surface area contributed by atoms with Gasteiger partial charge in [-0.15, -0.1) is 11.3 Å². The van der Waals surface area contributed by atoms with Crippen molar-refractivity contribution in [2.24, 2.45) is 0 Å². The van der Waals surface area contributed by atoms with Crippen LogP contribution < -0.4 is 5.73 Å². The molecule has 1 amide bonds. The van der Waals surface area contributed by atoms with Gasteiger partial charge in [0.25, 0.3) is 5.91 Å². The molecule has 2 aromatic rings. The molecule has 0 bridgehead atoms. The van der Waals surface area contributed by atoms with Gasteiger partial charge in [-0.1, -0.05) is 22.0 Å². The van der Waals surface area contributed by atoms with Crippen molar-refractivity contribution in [3.8, 4) is 0 Å². The Kier molecular flexibility index (Phi) is 4.81. The van der Waals surface area contributed by atoms with Crippen molar-refractivity contribution < 1.29 is 4.79 Å². The van der Waals surface area contributed by atoms with Gasteiger partial charge in [-0.3, -0.25) is 9.69 Å². The molecule has 0 unspecified atom stereocenters. The minimum atomic E-state index is 0.0285. The van der Waals surface area contributed by atoms with Crippen LogP contribution in [0.5, 0.6) is 0 Å². The van der Waals surface area contributed by atoms with Crippen LogP contribution in [0.4, 0.5) is 5.69 Å². The first-order valence-corrected chi connectivity index (χ1v) is 8.90. The molecule has 0 spiro atoms. The van der Waals surface area contributed by atoms with Crippen LogP contribution in [-0.4, -0.2) is 41.9 Å². The van der Waals surface area contributed by atoms with E-state index in [1.807, 2.05) is 11.0 Å². The number of nitrogens with two attached hydrogens (primary N) is 1. The molecule has 1 aliphatic rings. The number of rotatable bonds is 3. The lowest BCUT2D eigenvalue weighted by Gasteiger charge is -2.34.